The molecule has 1 aromatic heterocycles. The smallest absolute Gasteiger partial charge is 0.0926 e. The average Bonchev–Trinajstić information content (AvgIpc) is 3.03. The molecule has 5 heteroatoms. The lowest BCUT2D eigenvalue weighted by molar-refractivity contribution is -0.0822. The summed E-state index contributed by atoms with van der Waals surface area (Å²) in [4.78, 5) is 7.01. The van der Waals surface area contributed by atoms with Gasteiger partial charge in [0, 0.05) is 51.1 Å². The molecular weight excluding hydrogens is 320 g/mol. The van der Waals surface area contributed by atoms with Crippen LogP contribution in [0.15, 0.2) is 35.7 Å². The summed E-state index contributed by atoms with van der Waals surface area (Å²) in [6.07, 6.45) is 2.38. The van der Waals surface area contributed by atoms with Gasteiger partial charge in [-0.25, -0.2) is 4.98 Å². The Morgan fingerprint density at radius 1 is 1.21 bits per heavy atom. The van der Waals surface area contributed by atoms with Gasteiger partial charge >= 0.3 is 0 Å². The van der Waals surface area contributed by atoms with E-state index >= 15 is 0 Å². The number of rotatable bonds is 7. The number of aliphatic hydroxyl groups is 1. The van der Waals surface area contributed by atoms with E-state index in [0.717, 1.165) is 25.2 Å². The Hall–Kier alpha value is -1.27. The minimum atomic E-state index is -0.656. The van der Waals surface area contributed by atoms with E-state index in [0.29, 0.717) is 32.6 Å². The lowest BCUT2D eigenvalue weighted by atomic mass is 9.93. The van der Waals surface area contributed by atoms with E-state index in [1.165, 1.54) is 10.6 Å². The second-order valence-electron chi connectivity index (χ2n) is 6.55. The number of benzene rings is 1. The van der Waals surface area contributed by atoms with Gasteiger partial charge in [0.25, 0.3) is 0 Å². The first-order valence-electron chi connectivity index (χ1n) is 8.66. The van der Waals surface area contributed by atoms with Crippen molar-refractivity contribution in [2.45, 2.75) is 44.9 Å². The van der Waals surface area contributed by atoms with Crippen molar-refractivity contribution in [1.29, 1.82) is 0 Å². The van der Waals surface area contributed by atoms with Crippen LogP contribution < -0.4 is 0 Å². The van der Waals surface area contributed by atoms with Gasteiger partial charge in [0.05, 0.1) is 16.3 Å². The van der Waals surface area contributed by atoms with Crippen molar-refractivity contribution in [3.05, 3.63) is 52.0 Å². The maximum Gasteiger partial charge on any atom is 0.0926 e. The second kappa shape index (κ2) is 8.21. The molecule has 0 amide bonds. The number of aromatic nitrogens is 1. The largest absolute Gasteiger partial charge is 0.388 e. The van der Waals surface area contributed by atoms with Crippen molar-refractivity contribution in [1.82, 2.24) is 9.88 Å². The minimum absolute atomic E-state index is 0.645. The van der Waals surface area contributed by atoms with Crippen molar-refractivity contribution in [3.8, 4) is 0 Å². The first kappa shape index (κ1) is 17.5. The molecule has 2 heterocycles. The zero-order valence-corrected chi connectivity index (χ0v) is 15.1. The Kier molecular flexibility index (Phi) is 6.00. The lowest BCUT2D eigenvalue weighted by Crippen LogP contribution is -2.46. The first-order chi connectivity index (χ1) is 11.7. The predicted octanol–water partition coefficient (Wildman–Crippen LogP) is 3.25. The highest BCUT2D eigenvalue weighted by molar-refractivity contribution is 7.09. The molecule has 0 radical (unpaired) electrons. The van der Waals surface area contributed by atoms with Gasteiger partial charge in [-0.3, -0.25) is 4.90 Å². The van der Waals surface area contributed by atoms with E-state index in [-0.39, 0.29) is 0 Å². The minimum Gasteiger partial charge on any atom is -0.388 e. The van der Waals surface area contributed by atoms with Crippen molar-refractivity contribution in [3.63, 3.8) is 0 Å². The van der Waals surface area contributed by atoms with Crippen LogP contribution >= 0.6 is 11.3 Å². The van der Waals surface area contributed by atoms with E-state index in [9.17, 15) is 5.11 Å². The molecule has 1 fully saturated rings. The monoisotopic (exact) mass is 346 g/mol. The molecule has 0 saturated carbocycles. The van der Waals surface area contributed by atoms with Crippen LogP contribution in [0.1, 0.15) is 36.0 Å². The molecule has 0 unspecified atom stereocenters. The molecule has 1 aliphatic rings. The van der Waals surface area contributed by atoms with Gasteiger partial charge in [-0.2, -0.15) is 0 Å². The summed E-state index contributed by atoms with van der Waals surface area (Å²) in [6.45, 7) is 5.68. The molecule has 2 aromatic rings. The van der Waals surface area contributed by atoms with E-state index in [1.54, 1.807) is 11.3 Å². The van der Waals surface area contributed by atoms with Crippen LogP contribution in [0.4, 0.5) is 0 Å². The summed E-state index contributed by atoms with van der Waals surface area (Å²) in [7, 11) is 0. The Labute approximate surface area is 148 Å². The second-order valence-corrected chi connectivity index (χ2v) is 7.50. The van der Waals surface area contributed by atoms with E-state index < -0.39 is 5.60 Å². The number of aryl methyl sites for hydroxylation is 1. The molecule has 24 heavy (non-hydrogen) atoms. The lowest BCUT2D eigenvalue weighted by Gasteiger charge is -2.36. The molecular formula is C19H26N2O2S. The Balaban J connectivity index is 1.72. The maximum atomic E-state index is 10.9. The highest BCUT2D eigenvalue weighted by Crippen LogP contribution is 2.24. The van der Waals surface area contributed by atoms with E-state index in [1.807, 2.05) is 6.07 Å². The summed E-state index contributed by atoms with van der Waals surface area (Å²) in [5, 5.41) is 14.2. The third-order valence-corrected chi connectivity index (χ3v) is 5.52. The fourth-order valence-electron chi connectivity index (χ4n) is 3.15. The van der Waals surface area contributed by atoms with Crippen LogP contribution in [-0.4, -0.2) is 40.3 Å². The molecule has 0 atom stereocenters. The number of hydrogen-bond acceptors (Lipinski definition) is 5. The number of hydrogen-bond donors (Lipinski definition) is 1. The fraction of sp³-hybridized carbons (Fsp3) is 0.526. The molecule has 1 saturated heterocycles. The van der Waals surface area contributed by atoms with Gasteiger partial charge in [0.1, 0.15) is 0 Å². The Morgan fingerprint density at radius 3 is 2.62 bits per heavy atom. The predicted molar refractivity (Wildman–Crippen MR) is 97.1 cm³/mol. The summed E-state index contributed by atoms with van der Waals surface area (Å²) >= 11 is 1.72. The molecule has 3 rings (SSSR count). The summed E-state index contributed by atoms with van der Waals surface area (Å²) < 4.78 is 5.41. The summed E-state index contributed by atoms with van der Waals surface area (Å²) in [6, 6.07) is 10.4. The third kappa shape index (κ3) is 4.86. The average molecular weight is 346 g/mol. The maximum absolute atomic E-state index is 10.9. The van der Waals surface area contributed by atoms with E-state index in [2.05, 4.69) is 41.5 Å². The zero-order valence-electron chi connectivity index (χ0n) is 14.3. The van der Waals surface area contributed by atoms with Crippen LogP contribution in [0.5, 0.6) is 0 Å². The molecule has 0 bridgehead atoms. The van der Waals surface area contributed by atoms with Gasteiger partial charge in [0.2, 0.25) is 0 Å². The summed E-state index contributed by atoms with van der Waals surface area (Å²) in [5.74, 6) is 0. The highest BCUT2D eigenvalue weighted by Gasteiger charge is 2.32. The van der Waals surface area contributed by atoms with Crippen LogP contribution in [0.3, 0.4) is 0 Å². The first-order valence-corrected chi connectivity index (χ1v) is 9.54. The van der Waals surface area contributed by atoms with Gasteiger partial charge in [-0.05, 0) is 12.0 Å². The third-order valence-electron chi connectivity index (χ3n) is 4.48. The van der Waals surface area contributed by atoms with Crippen molar-refractivity contribution in [2.75, 3.05) is 19.8 Å². The number of thiazole rings is 1. The van der Waals surface area contributed by atoms with Crippen LogP contribution in [0.2, 0.25) is 0 Å². The Bertz CT molecular complexity index is 623. The van der Waals surface area contributed by atoms with Gasteiger partial charge in [-0.1, -0.05) is 37.3 Å². The molecule has 130 valence electrons. The van der Waals surface area contributed by atoms with Crippen LogP contribution in [-0.2, 0) is 24.2 Å². The van der Waals surface area contributed by atoms with Crippen LogP contribution in [0, 0.1) is 0 Å². The summed E-state index contributed by atoms with van der Waals surface area (Å²) in [5.41, 5.74) is 1.71. The molecule has 0 aliphatic carbocycles. The molecule has 4 nitrogen and oxygen atoms in total. The molecule has 1 aliphatic heterocycles. The SMILES string of the molecule is CCc1nc(CN(Cc2ccccc2)CC2(O)CCOCC2)cs1. The molecule has 0 spiro atoms. The zero-order chi connectivity index (χ0) is 16.8. The highest BCUT2D eigenvalue weighted by atomic mass is 32.1. The van der Waals surface area contributed by atoms with Gasteiger partial charge in [-0.15, -0.1) is 11.3 Å². The normalized spacial score (nSPS) is 17.3. The molecule has 1 N–H and O–H groups in total. The topological polar surface area (TPSA) is 45.6 Å². The van der Waals surface area contributed by atoms with Crippen molar-refractivity contribution >= 4 is 11.3 Å². The quantitative estimate of drug-likeness (QED) is 0.836. The van der Waals surface area contributed by atoms with Crippen molar-refractivity contribution < 1.29 is 9.84 Å². The van der Waals surface area contributed by atoms with Gasteiger partial charge < -0.3 is 9.84 Å². The van der Waals surface area contributed by atoms with Crippen LogP contribution in [0.25, 0.3) is 0 Å². The van der Waals surface area contributed by atoms with Gasteiger partial charge in [0.15, 0.2) is 0 Å². The van der Waals surface area contributed by atoms with Crippen molar-refractivity contribution in [2.24, 2.45) is 0 Å². The fourth-order valence-corrected chi connectivity index (χ4v) is 3.88. The number of ether oxygens (including phenoxy) is 1. The Morgan fingerprint density at radius 2 is 1.96 bits per heavy atom. The number of nitrogens with zero attached hydrogens (tertiary/aromatic N) is 2. The van der Waals surface area contributed by atoms with E-state index in [4.69, 9.17) is 9.72 Å². The molecule has 1 aromatic carbocycles. The standard InChI is InChI=1S/C19H26N2O2S/c1-2-18-20-17(14-24-18)13-21(12-16-6-4-3-5-7-16)15-19(22)8-10-23-11-9-19/h3-7,14,22H,2,8-13,15H2,1H3.